The highest BCUT2D eigenvalue weighted by Gasteiger charge is 2.36. The fourth-order valence-corrected chi connectivity index (χ4v) is 8.01. The number of carbonyl (C=O) groups excluding carboxylic acids is 2. The first-order valence-corrected chi connectivity index (χ1v) is 20.1. The highest BCUT2D eigenvalue weighted by Crippen LogP contribution is 2.44. The molecule has 11 nitrogen and oxygen atoms in total. The number of nitrogens with one attached hydrogen (secondary N) is 1. The number of rotatable bonds is 16. The molecule has 1 saturated heterocycles. The number of nitrogens with zero attached hydrogens (tertiary/aromatic N) is 5. The van der Waals surface area contributed by atoms with Crippen molar-refractivity contribution in [2.45, 2.75) is 69.4 Å². The van der Waals surface area contributed by atoms with Gasteiger partial charge in [0.1, 0.15) is 5.75 Å². The maximum Gasteiger partial charge on any atom is 0.261 e. The first kappa shape index (κ1) is 39.4. The number of likely N-dealkylation sites (tertiary alicyclic amines) is 1. The molecule has 0 spiro atoms. The number of aromatic nitrogens is 3. The minimum atomic E-state index is -1.16. The third-order valence-corrected chi connectivity index (χ3v) is 11.5. The lowest BCUT2D eigenvalue weighted by Gasteiger charge is -2.39. The lowest BCUT2D eigenvalue weighted by Crippen LogP contribution is -2.51. The molecule has 0 unspecified atom stereocenters. The molecular formula is C44H51ClN6O5. The zero-order chi connectivity index (χ0) is 39.2. The smallest absolute Gasteiger partial charge is 0.261 e. The Kier molecular flexibility index (Phi) is 12.3. The molecule has 56 heavy (non-hydrogen) atoms. The van der Waals surface area contributed by atoms with Crippen molar-refractivity contribution in [3.8, 4) is 5.75 Å². The number of hydrogen-bond donors (Lipinski definition) is 2. The van der Waals surface area contributed by atoms with E-state index in [1.807, 2.05) is 61.6 Å². The molecular weight excluding hydrogens is 728 g/mol. The summed E-state index contributed by atoms with van der Waals surface area (Å²) in [7, 11) is 4.04. The van der Waals surface area contributed by atoms with Gasteiger partial charge < -0.3 is 25.0 Å². The van der Waals surface area contributed by atoms with E-state index in [1.165, 1.54) is 10.9 Å². The fourth-order valence-electron chi connectivity index (χ4n) is 7.65. The van der Waals surface area contributed by atoms with Crippen molar-refractivity contribution in [2.24, 2.45) is 5.92 Å². The van der Waals surface area contributed by atoms with Gasteiger partial charge in [0.05, 0.1) is 46.5 Å². The Morgan fingerprint density at radius 3 is 2.50 bits per heavy atom. The van der Waals surface area contributed by atoms with Crippen LogP contribution in [0.3, 0.4) is 0 Å². The number of piperidine rings is 1. The molecule has 1 atom stereocenters. The largest absolute Gasteiger partial charge is 0.493 e. The van der Waals surface area contributed by atoms with E-state index in [1.54, 1.807) is 30.3 Å². The van der Waals surface area contributed by atoms with Gasteiger partial charge in [0.25, 0.3) is 11.5 Å². The summed E-state index contributed by atoms with van der Waals surface area (Å²) < 4.78 is 7.33. The van der Waals surface area contributed by atoms with Crippen LogP contribution < -0.4 is 15.6 Å². The molecule has 1 aliphatic carbocycles. The normalized spacial score (nSPS) is 16.0. The minimum absolute atomic E-state index is 0.0366. The summed E-state index contributed by atoms with van der Waals surface area (Å²) in [4.78, 5) is 53.7. The average molecular weight is 779 g/mol. The standard InChI is InChI=1S/C44H51ClN6O5/c1-49(2)20-7-23-56-34-14-16-36-39(26-34)48-29-51(43(36)54)28-44(55)17-21-50(22-18-44)42(53)33(24-30-8-4-3-5-9-30)10-6-19-46-41(52)32-13-15-35-38(25-32)47-27-37(40(35)45)31-11-12-31/h3-5,8-9,13-16,25-27,29,31,33,55H,6-7,10-12,17-24,28H2,1-2H3,(H,46,52)/t33-/m1/s1. The van der Waals surface area contributed by atoms with Crippen molar-refractivity contribution >= 4 is 45.2 Å². The highest BCUT2D eigenvalue weighted by atomic mass is 35.5. The molecule has 2 N–H and O–H groups in total. The van der Waals surface area contributed by atoms with Crippen LogP contribution in [-0.2, 0) is 17.8 Å². The van der Waals surface area contributed by atoms with Crippen LogP contribution in [-0.4, -0.2) is 93.7 Å². The molecule has 12 heteroatoms. The van der Waals surface area contributed by atoms with Crippen molar-refractivity contribution in [3.63, 3.8) is 0 Å². The van der Waals surface area contributed by atoms with Crippen LogP contribution in [0.25, 0.3) is 21.8 Å². The number of amides is 2. The van der Waals surface area contributed by atoms with Crippen molar-refractivity contribution in [2.75, 3.05) is 46.9 Å². The van der Waals surface area contributed by atoms with E-state index in [-0.39, 0.29) is 29.8 Å². The third kappa shape index (κ3) is 9.57. The molecule has 7 rings (SSSR count). The molecule has 2 aliphatic rings. The molecule has 1 aliphatic heterocycles. The summed E-state index contributed by atoms with van der Waals surface area (Å²) in [5, 5.41) is 16.7. The SMILES string of the molecule is CN(C)CCCOc1ccc2c(=O)n(CC3(O)CCN(C(=O)[C@H](CCCNC(=O)c4ccc5c(Cl)c(C6CC6)cnc5c4)Cc4ccccc4)CC3)cnc2c1. The molecule has 0 radical (unpaired) electrons. The minimum Gasteiger partial charge on any atom is -0.493 e. The predicted molar refractivity (Wildman–Crippen MR) is 219 cm³/mol. The lowest BCUT2D eigenvalue weighted by molar-refractivity contribution is -0.140. The molecule has 1 saturated carbocycles. The third-order valence-electron chi connectivity index (χ3n) is 11.1. The Morgan fingerprint density at radius 2 is 1.75 bits per heavy atom. The van der Waals surface area contributed by atoms with Gasteiger partial charge in [-0.2, -0.15) is 0 Å². The number of ether oxygens (including phenoxy) is 1. The van der Waals surface area contributed by atoms with Gasteiger partial charge in [-0.15, -0.1) is 0 Å². The molecule has 2 amide bonds. The van der Waals surface area contributed by atoms with E-state index in [0.29, 0.717) is 92.0 Å². The summed E-state index contributed by atoms with van der Waals surface area (Å²) in [5.74, 6) is 0.710. The van der Waals surface area contributed by atoms with E-state index in [2.05, 4.69) is 20.2 Å². The van der Waals surface area contributed by atoms with E-state index < -0.39 is 5.60 Å². The van der Waals surface area contributed by atoms with Gasteiger partial charge in [-0.25, -0.2) is 4.98 Å². The van der Waals surface area contributed by atoms with Crippen LogP contribution in [0.15, 0.2) is 84.0 Å². The van der Waals surface area contributed by atoms with Crippen LogP contribution in [0.5, 0.6) is 5.75 Å². The number of carbonyl (C=O) groups is 2. The Labute approximate surface area is 332 Å². The van der Waals surface area contributed by atoms with Crippen molar-refractivity contribution in [1.82, 2.24) is 29.7 Å². The molecule has 2 aromatic heterocycles. The summed E-state index contributed by atoms with van der Waals surface area (Å²) >= 11 is 6.67. The van der Waals surface area contributed by atoms with Crippen molar-refractivity contribution in [1.29, 1.82) is 0 Å². The van der Waals surface area contributed by atoms with Crippen molar-refractivity contribution < 1.29 is 19.4 Å². The van der Waals surface area contributed by atoms with Crippen molar-refractivity contribution in [3.05, 3.63) is 111 Å². The van der Waals surface area contributed by atoms with Gasteiger partial charge in [0.15, 0.2) is 0 Å². The maximum atomic E-state index is 14.0. The second-order valence-corrected chi connectivity index (χ2v) is 16.1. The second-order valence-electron chi connectivity index (χ2n) is 15.7. The van der Waals surface area contributed by atoms with Gasteiger partial charge in [-0.05, 0) is 107 Å². The number of benzene rings is 3. The van der Waals surface area contributed by atoms with E-state index >= 15 is 0 Å². The number of fused-ring (bicyclic) bond motifs is 2. The van der Waals surface area contributed by atoms with E-state index in [4.69, 9.17) is 16.3 Å². The Balaban J connectivity index is 0.935. The number of aliphatic hydroxyl groups is 1. The molecule has 3 heterocycles. The highest BCUT2D eigenvalue weighted by molar-refractivity contribution is 6.36. The maximum absolute atomic E-state index is 14.0. The zero-order valence-electron chi connectivity index (χ0n) is 32.3. The molecule has 5 aromatic rings. The summed E-state index contributed by atoms with van der Waals surface area (Å²) in [6.45, 7) is 2.76. The zero-order valence-corrected chi connectivity index (χ0v) is 33.0. The molecule has 294 valence electrons. The van der Waals surface area contributed by atoms with Gasteiger partial charge >= 0.3 is 0 Å². The monoisotopic (exact) mass is 778 g/mol. The van der Waals surface area contributed by atoms with Gasteiger partial charge in [-0.1, -0.05) is 48.0 Å². The molecule has 0 bridgehead atoms. The Hall–Kier alpha value is -4.84. The Bertz CT molecular complexity index is 2230. The predicted octanol–water partition coefficient (Wildman–Crippen LogP) is 6.23. The first-order chi connectivity index (χ1) is 27.1. The summed E-state index contributed by atoms with van der Waals surface area (Å²) in [5.41, 5.74) is 2.53. The average Bonchev–Trinajstić information content (AvgIpc) is 4.05. The second kappa shape index (κ2) is 17.5. The van der Waals surface area contributed by atoms with Crippen LogP contribution in [0, 0.1) is 5.92 Å². The van der Waals surface area contributed by atoms with Gasteiger partial charge in [0, 0.05) is 55.3 Å². The van der Waals surface area contributed by atoms with Gasteiger partial charge in [-0.3, -0.25) is 23.9 Å². The van der Waals surface area contributed by atoms with E-state index in [0.717, 1.165) is 47.3 Å². The molecule has 2 fully saturated rings. The fraction of sp³-hybridized carbons (Fsp3) is 0.432. The number of hydrogen-bond acceptors (Lipinski definition) is 8. The van der Waals surface area contributed by atoms with Crippen LogP contribution >= 0.6 is 11.6 Å². The summed E-state index contributed by atoms with van der Waals surface area (Å²) in [6, 6.07) is 20.7. The lowest BCUT2D eigenvalue weighted by atomic mass is 9.88. The molecule has 3 aromatic carbocycles. The topological polar surface area (TPSA) is 130 Å². The van der Waals surface area contributed by atoms with E-state index in [9.17, 15) is 19.5 Å². The summed E-state index contributed by atoms with van der Waals surface area (Å²) in [6.07, 6.45) is 8.95. The number of pyridine rings is 1. The Morgan fingerprint density at radius 1 is 1.00 bits per heavy atom. The first-order valence-electron chi connectivity index (χ1n) is 19.7. The van der Waals surface area contributed by atoms with Crippen LogP contribution in [0.4, 0.5) is 0 Å². The number of halogens is 1. The van der Waals surface area contributed by atoms with Crippen LogP contribution in [0.1, 0.15) is 72.3 Å². The van der Waals surface area contributed by atoms with Gasteiger partial charge in [0.2, 0.25) is 5.91 Å². The quantitative estimate of drug-likeness (QED) is 0.113. The van der Waals surface area contributed by atoms with Crippen LogP contribution in [0.2, 0.25) is 5.02 Å².